The Bertz CT molecular complexity index is 572. The number of nitrogen functional groups attached to an aromatic ring is 1. The highest BCUT2D eigenvalue weighted by atomic mass is 16.1. The maximum Gasteiger partial charge on any atom is 0.231 e. The SMILES string of the molecule is C=CCn1nc(N)c(=O)c2ccccc21. The van der Waals surface area contributed by atoms with Crippen LogP contribution in [-0.4, -0.2) is 9.78 Å². The van der Waals surface area contributed by atoms with Crippen LogP contribution in [0.5, 0.6) is 0 Å². The smallest absolute Gasteiger partial charge is 0.231 e. The third kappa shape index (κ3) is 1.50. The highest BCUT2D eigenvalue weighted by Gasteiger charge is 2.05. The van der Waals surface area contributed by atoms with Gasteiger partial charge in [-0.05, 0) is 12.1 Å². The van der Waals surface area contributed by atoms with Gasteiger partial charge in [0.1, 0.15) is 0 Å². The lowest BCUT2D eigenvalue weighted by molar-refractivity contribution is 0.717. The molecule has 76 valence electrons. The van der Waals surface area contributed by atoms with E-state index in [0.29, 0.717) is 11.9 Å². The molecule has 0 saturated heterocycles. The Labute approximate surface area is 86.6 Å². The van der Waals surface area contributed by atoms with E-state index in [0.717, 1.165) is 5.52 Å². The van der Waals surface area contributed by atoms with Crippen molar-refractivity contribution in [2.45, 2.75) is 6.54 Å². The second-order valence-electron chi connectivity index (χ2n) is 3.20. The van der Waals surface area contributed by atoms with Crippen LogP contribution in [-0.2, 0) is 6.54 Å². The second-order valence-corrected chi connectivity index (χ2v) is 3.20. The molecule has 1 heterocycles. The summed E-state index contributed by atoms with van der Waals surface area (Å²) in [6, 6.07) is 7.25. The summed E-state index contributed by atoms with van der Waals surface area (Å²) in [7, 11) is 0. The number of aromatic nitrogens is 2. The highest BCUT2D eigenvalue weighted by molar-refractivity contribution is 5.80. The van der Waals surface area contributed by atoms with E-state index in [2.05, 4.69) is 11.7 Å². The lowest BCUT2D eigenvalue weighted by Gasteiger charge is -2.07. The number of benzene rings is 1. The predicted octanol–water partition coefficient (Wildman–Crippen LogP) is 1.16. The topological polar surface area (TPSA) is 60.9 Å². The molecular weight excluding hydrogens is 190 g/mol. The van der Waals surface area contributed by atoms with E-state index in [4.69, 9.17) is 5.73 Å². The molecule has 0 atom stereocenters. The number of hydrogen-bond acceptors (Lipinski definition) is 3. The van der Waals surface area contributed by atoms with Crippen molar-refractivity contribution in [2.75, 3.05) is 5.73 Å². The van der Waals surface area contributed by atoms with Crippen molar-refractivity contribution in [3.63, 3.8) is 0 Å². The van der Waals surface area contributed by atoms with Crippen LogP contribution in [0.3, 0.4) is 0 Å². The third-order valence-electron chi connectivity index (χ3n) is 2.19. The van der Waals surface area contributed by atoms with Crippen LogP contribution in [0.25, 0.3) is 10.9 Å². The fourth-order valence-corrected chi connectivity index (χ4v) is 1.52. The summed E-state index contributed by atoms with van der Waals surface area (Å²) < 4.78 is 1.67. The Morgan fingerprint density at radius 1 is 1.47 bits per heavy atom. The number of hydrogen-bond donors (Lipinski definition) is 1. The lowest BCUT2D eigenvalue weighted by Crippen LogP contribution is -2.17. The number of fused-ring (bicyclic) bond motifs is 1. The quantitative estimate of drug-likeness (QED) is 0.742. The molecule has 0 spiro atoms. The van der Waals surface area contributed by atoms with Gasteiger partial charge in [0.2, 0.25) is 5.43 Å². The minimum atomic E-state index is -0.217. The molecule has 0 saturated carbocycles. The Morgan fingerprint density at radius 2 is 2.20 bits per heavy atom. The van der Waals surface area contributed by atoms with Crippen LogP contribution >= 0.6 is 0 Å². The molecule has 0 aliphatic rings. The van der Waals surface area contributed by atoms with Crippen LogP contribution in [0.2, 0.25) is 0 Å². The minimum absolute atomic E-state index is 0.0237. The van der Waals surface area contributed by atoms with Crippen molar-refractivity contribution in [3.05, 3.63) is 47.1 Å². The van der Waals surface area contributed by atoms with E-state index < -0.39 is 0 Å². The molecule has 1 aromatic carbocycles. The fourth-order valence-electron chi connectivity index (χ4n) is 1.52. The summed E-state index contributed by atoms with van der Waals surface area (Å²) in [5.74, 6) is 0.0237. The number of nitrogens with two attached hydrogens (primary N) is 1. The molecule has 1 aromatic heterocycles. The molecule has 2 rings (SSSR count). The van der Waals surface area contributed by atoms with E-state index in [1.807, 2.05) is 12.1 Å². The van der Waals surface area contributed by atoms with Gasteiger partial charge in [-0.15, -0.1) is 6.58 Å². The molecule has 4 nitrogen and oxygen atoms in total. The van der Waals surface area contributed by atoms with E-state index >= 15 is 0 Å². The third-order valence-corrected chi connectivity index (χ3v) is 2.19. The first-order chi connectivity index (χ1) is 7.24. The van der Waals surface area contributed by atoms with Crippen molar-refractivity contribution in [3.8, 4) is 0 Å². The van der Waals surface area contributed by atoms with E-state index in [9.17, 15) is 4.79 Å². The molecule has 4 heteroatoms. The minimum Gasteiger partial charge on any atom is -0.379 e. The van der Waals surface area contributed by atoms with Crippen molar-refractivity contribution >= 4 is 16.7 Å². The maximum atomic E-state index is 11.7. The number of para-hydroxylation sites is 1. The zero-order chi connectivity index (χ0) is 10.8. The van der Waals surface area contributed by atoms with Crippen LogP contribution in [0, 0.1) is 0 Å². The molecule has 0 aliphatic heterocycles. The Morgan fingerprint density at radius 3 is 2.93 bits per heavy atom. The number of nitrogens with zero attached hydrogens (tertiary/aromatic N) is 2. The summed E-state index contributed by atoms with van der Waals surface area (Å²) in [4.78, 5) is 11.7. The molecule has 0 unspecified atom stereocenters. The molecule has 0 amide bonds. The summed E-state index contributed by atoms with van der Waals surface area (Å²) in [6.45, 7) is 4.17. The summed E-state index contributed by atoms with van der Waals surface area (Å²) >= 11 is 0. The van der Waals surface area contributed by atoms with Crippen LogP contribution in [0.4, 0.5) is 5.82 Å². The molecule has 2 aromatic rings. The standard InChI is InChI=1S/C11H11N3O/c1-2-7-14-9-6-4-3-5-8(9)10(15)11(12)13-14/h2-6H,1,7H2,(H2,12,13). The Balaban J connectivity index is 2.87. The maximum absolute atomic E-state index is 11.7. The molecule has 15 heavy (non-hydrogen) atoms. The van der Waals surface area contributed by atoms with Gasteiger partial charge in [-0.25, -0.2) is 0 Å². The summed E-state index contributed by atoms with van der Waals surface area (Å²) in [6.07, 6.45) is 1.71. The first-order valence-corrected chi connectivity index (χ1v) is 4.60. The number of allylic oxidation sites excluding steroid dienone is 1. The predicted molar refractivity (Wildman–Crippen MR) is 60.6 cm³/mol. The molecule has 0 bridgehead atoms. The van der Waals surface area contributed by atoms with Crippen molar-refractivity contribution in [1.82, 2.24) is 9.78 Å². The van der Waals surface area contributed by atoms with Crippen LogP contribution < -0.4 is 11.2 Å². The van der Waals surface area contributed by atoms with Gasteiger partial charge < -0.3 is 5.73 Å². The average molecular weight is 201 g/mol. The summed E-state index contributed by atoms with van der Waals surface area (Å²) in [5.41, 5.74) is 6.10. The first-order valence-electron chi connectivity index (χ1n) is 4.60. The normalized spacial score (nSPS) is 10.4. The molecule has 0 aliphatic carbocycles. The zero-order valence-electron chi connectivity index (χ0n) is 8.18. The van der Waals surface area contributed by atoms with Gasteiger partial charge in [0.05, 0.1) is 17.4 Å². The van der Waals surface area contributed by atoms with Gasteiger partial charge in [-0.3, -0.25) is 9.48 Å². The van der Waals surface area contributed by atoms with Gasteiger partial charge in [0.25, 0.3) is 0 Å². The number of anilines is 1. The van der Waals surface area contributed by atoms with Crippen LogP contribution in [0.1, 0.15) is 0 Å². The molecule has 0 fully saturated rings. The van der Waals surface area contributed by atoms with Crippen molar-refractivity contribution in [1.29, 1.82) is 0 Å². The van der Waals surface area contributed by atoms with Gasteiger partial charge >= 0.3 is 0 Å². The molecule has 0 radical (unpaired) electrons. The zero-order valence-corrected chi connectivity index (χ0v) is 8.18. The molecule has 2 N–H and O–H groups in total. The van der Waals surface area contributed by atoms with Gasteiger partial charge in [0.15, 0.2) is 5.82 Å². The fraction of sp³-hybridized carbons (Fsp3) is 0.0909. The highest BCUT2D eigenvalue weighted by Crippen LogP contribution is 2.09. The molecular formula is C11H11N3O. The lowest BCUT2D eigenvalue weighted by atomic mass is 10.2. The van der Waals surface area contributed by atoms with E-state index in [-0.39, 0.29) is 11.2 Å². The van der Waals surface area contributed by atoms with Crippen LogP contribution in [0.15, 0.2) is 41.7 Å². The van der Waals surface area contributed by atoms with E-state index in [1.165, 1.54) is 0 Å². The Hall–Kier alpha value is -2.10. The Kier molecular flexibility index (Phi) is 2.25. The second kappa shape index (κ2) is 3.57. The van der Waals surface area contributed by atoms with Crippen molar-refractivity contribution in [2.24, 2.45) is 0 Å². The van der Waals surface area contributed by atoms with Crippen molar-refractivity contribution < 1.29 is 0 Å². The number of rotatable bonds is 2. The summed E-state index contributed by atoms with van der Waals surface area (Å²) in [5, 5.41) is 4.59. The van der Waals surface area contributed by atoms with Gasteiger partial charge in [-0.1, -0.05) is 18.2 Å². The van der Waals surface area contributed by atoms with Gasteiger partial charge in [-0.2, -0.15) is 5.10 Å². The van der Waals surface area contributed by atoms with Gasteiger partial charge in [0, 0.05) is 0 Å². The first kappa shape index (κ1) is 9.45. The largest absolute Gasteiger partial charge is 0.379 e. The monoisotopic (exact) mass is 201 g/mol. The van der Waals surface area contributed by atoms with E-state index in [1.54, 1.807) is 22.9 Å². The average Bonchev–Trinajstić information content (AvgIpc) is 2.26.